The summed E-state index contributed by atoms with van der Waals surface area (Å²) in [4.78, 5) is 12.2. The van der Waals surface area contributed by atoms with Gasteiger partial charge in [-0.1, -0.05) is 30.3 Å². The predicted octanol–water partition coefficient (Wildman–Crippen LogP) is 2.09. The minimum absolute atomic E-state index is 0.123. The molecule has 0 saturated heterocycles. The number of hydrogen-bond acceptors (Lipinski definition) is 3. The van der Waals surface area contributed by atoms with E-state index in [0.717, 1.165) is 22.6 Å². The monoisotopic (exact) mass is 268 g/mol. The summed E-state index contributed by atoms with van der Waals surface area (Å²) in [6, 6.07) is 15.2. The minimum atomic E-state index is -0.457. The number of nitrogens with one attached hydrogen (secondary N) is 1. The molecule has 0 spiro atoms. The molecule has 1 unspecified atom stereocenters. The van der Waals surface area contributed by atoms with Crippen molar-refractivity contribution in [2.75, 3.05) is 5.32 Å². The maximum Gasteiger partial charge on any atom is 0.265 e. The highest BCUT2D eigenvalue weighted by Crippen LogP contribution is 2.28. The second kappa shape index (κ2) is 5.35. The van der Waals surface area contributed by atoms with Gasteiger partial charge in [-0.25, -0.2) is 0 Å². The standard InChI is InChI=1S/C16H16N2O2/c17-10-11-5-7-13(8-6-11)18-16(19)15-9-12-3-1-2-4-14(12)20-15/h1-8,15H,9-10,17H2,(H,18,19). The maximum atomic E-state index is 12.2. The van der Waals surface area contributed by atoms with Crippen LogP contribution in [0.5, 0.6) is 5.75 Å². The molecular weight excluding hydrogens is 252 g/mol. The molecule has 3 rings (SSSR count). The highest BCUT2D eigenvalue weighted by Gasteiger charge is 2.28. The van der Waals surface area contributed by atoms with Crippen LogP contribution in [0.3, 0.4) is 0 Å². The summed E-state index contributed by atoms with van der Waals surface area (Å²) in [7, 11) is 0. The molecule has 2 aromatic rings. The molecule has 102 valence electrons. The summed E-state index contributed by atoms with van der Waals surface area (Å²) in [5.74, 6) is 0.674. The molecule has 0 aliphatic carbocycles. The first kappa shape index (κ1) is 12.7. The highest BCUT2D eigenvalue weighted by molar-refractivity contribution is 5.95. The highest BCUT2D eigenvalue weighted by atomic mass is 16.5. The van der Waals surface area contributed by atoms with Crippen LogP contribution in [0.15, 0.2) is 48.5 Å². The van der Waals surface area contributed by atoms with Gasteiger partial charge in [-0.3, -0.25) is 4.79 Å². The van der Waals surface area contributed by atoms with Crippen molar-refractivity contribution in [2.45, 2.75) is 19.1 Å². The average molecular weight is 268 g/mol. The largest absolute Gasteiger partial charge is 0.480 e. The Balaban J connectivity index is 1.66. The number of anilines is 1. The number of nitrogens with two attached hydrogens (primary N) is 1. The van der Waals surface area contributed by atoms with Gasteiger partial charge in [0.1, 0.15) is 5.75 Å². The Bertz CT molecular complexity index is 598. The van der Waals surface area contributed by atoms with Crippen molar-refractivity contribution in [1.29, 1.82) is 0 Å². The molecule has 1 amide bonds. The van der Waals surface area contributed by atoms with Crippen LogP contribution in [0.4, 0.5) is 5.69 Å². The summed E-state index contributed by atoms with van der Waals surface area (Å²) in [5.41, 5.74) is 8.41. The first-order chi connectivity index (χ1) is 9.76. The van der Waals surface area contributed by atoms with Gasteiger partial charge in [-0.05, 0) is 29.3 Å². The Labute approximate surface area is 117 Å². The van der Waals surface area contributed by atoms with Crippen LogP contribution in [0, 0.1) is 0 Å². The van der Waals surface area contributed by atoms with E-state index in [0.29, 0.717) is 13.0 Å². The molecule has 0 fully saturated rings. The first-order valence-corrected chi connectivity index (χ1v) is 6.60. The normalized spacial score (nSPS) is 16.4. The number of hydrogen-bond donors (Lipinski definition) is 2. The minimum Gasteiger partial charge on any atom is -0.480 e. The van der Waals surface area contributed by atoms with Crippen molar-refractivity contribution >= 4 is 11.6 Å². The first-order valence-electron chi connectivity index (χ1n) is 6.60. The molecule has 3 N–H and O–H groups in total. The van der Waals surface area contributed by atoms with E-state index in [9.17, 15) is 4.79 Å². The van der Waals surface area contributed by atoms with Crippen LogP contribution in [0.25, 0.3) is 0 Å². The lowest BCUT2D eigenvalue weighted by Crippen LogP contribution is -2.31. The van der Waals surface area contributed by atoms with Crippen LogP contribution in [-0.4, -0.2) is 12.0 Å². The van der Waals surface area contributed by atoms with Crippen LogP contribution < -0.4 is 15.8 Å². The van der Waals surface area contributed by atoms with Crippen molar-refractivity contribution in [3.8, 4) is 5.75 Å². The van der Waals surface area contributed by atoms with Gasteiger partial charge < -0.3 is 15.8 Å². The number of para-hydroxylation sites is 1. The number of rotatable bonds is 3. The molecular formula is C16H16N2O2. The van der Waals surface area contributed by atoms with Gasteiger partial charge in [0, 0.05) is 18.7 Å². The van der Waals surface area contributed by atoms with Crippen molar-refractivity contribution in [3.63, 3.8) is 0 Å². The molecule has 2 aromatic carbocycles. The number of ether oxygens (including phenoxy) is 1. The summed E-state index contributed by atoms with van der Waals surface area (Å²) in [6.45, 7) is 0.495. The molecule has 0 aromatic heterocycles. The molecule has 0 saturated carbocycles. The number of benzene rings is 2. The number of carbonyl (C=O) groups excluding carboxylic acids is 1. The Morgan fingerprint density at radius 2 is 1.95 bits per heavy atom. The Kier molecular flexibility index (Phi) is 3.39. The summed E-state index contributed by atoms with van der Waals surface area (Å²) >= 11 is 0. The second-order valence-electron chi connectivity index (χ2n) is 4.81. The lowest BCUT2D eigenvalue weighted by molar-refractivity contribution is -0.122. The zero-order chi connectivity index (χ0) is 13.9. The number of carbonyl (C=O) groups is 1. The van der Waals surface area contributed by atoms with E-state index in [2.05, 4.69) is 5.32 Å². The fraction of sp³-hybridized carbons (Fsp3) is 0.188. The molecule has 1 aliphatic heterocycles. The Morgan fingerprint density at radius 3 is 2.65 bits per heavy atom. The Morgan fingerprint density at radius 1 is 1.20 bits per heavy atom. The third-order valence-electron chi connectivity index (χ3n) is 3.40. The molecule has 4 nitrogen and oxygen atoms in total. The van der Waals surface area contributed by atoms with Crippen molar-refractivity contribution in [1.82, 2.24) is 0 Å². The van der Waals surface area contributed by atoms with E-state index >= 15 is 0 Å². The quantitative estimate of drug-likeness (QED) is 0.896. The summed E-state index contributed by atoms with van der Waals surface area (Å²) < 4.78 is 5.65. The van der Waals surface area contributed by atoms with Crippen LogP contribution >= 0.6 is 0 Å². The van der Waals surface area contributed by atoms with Gasteiger partial charge >= 0.3 is 0 Å². The van der Waals surface area contributed by atoms with Crippen LogP contribution in [-0.2, 0) is 17.8 Å². The SMILES string of the molecule is NCc1ccc(NC(=O)C2Cc3ccccc3O2)cc1. The van der Waals surface area contributed by atoms with E-state index in [1.54, 1.807) is 0 Å². The van der Waals surface area contributed by atoms with E-state index in [-0.39, 0.29) is 5.91 Å². The molecule has 4 heteroatoms. The van der Waals surface area contributed by atoms with Gasteiger partial charge in [-0.2, -0.15) is 0 Å². The van der Waals surface area contributed by atoms with Crippen LogP contribution in [0.1, 0.15) is 11.1 Å². The van der Waals surface area contributed by atoms with Gasteiger partial charge in [0.25, 0.3) is 5.91 Å². The number of fused-ring (bicyclic) bond motifs is 1. The van der Waals surface area contributed by atoms with E-state index < -0.39 is 6.10 Å². The second-order valence-corrected chi connectivity index (χ2v) is 4.81. The van der Waals surface area contributed by atoms with E-state index in [1.165, 1.54) is 0 Å². The van der Waals surface area contributed by atoms with E-state index in [1.807, 2.05) is 48.5 Å². The van der Waals surface area contributed by atoms with E-state index in [4.69, 9.17) is 10.5 Å². The zero-order valence-electron chi connectivity index (χ0n) is 11.0. The van der Waals surface area contributed by atoms with Gasteiger partial charge in [0.15, 0.2) is 6.10 Å². The van der Waals surface area contributed by atoms with Crippen molar-refractivity contribution in [3.05, 3.63) is 59.7 Å². The summed E-state index contributed by atoms with van der Waals surface area (Å²) in [6.07, 6.45) is 0.157. The fourth-order valence-corrected chi connectivity index (χ4v) is 2.28. The third-order valence-corrected chi connectivity index (χ3v) is 3.40. The maximum absolute atomic E-state index is 12.2. The zero-order valence-corrected chi connectivity index (χ0v) is 11.0. The third kappa shape index (κ3) is 2.51. The molecule has 0 bridgehead atoms. The molecule has 1 heterocycles. The lowest BCUT2D eigenvalue weighted by Gasteiger charge is -2.11. The summed E-state index contributed by atoms with van der Waals surface area (Å²) in [5, 5.41) is 2.87. The smallest absolute Gasteiger partial charge is 0.265 e. The van der Waals surface area contributed by atoms with Crippen LogP contribution in [0.2, 0.25) is 0 Å². The fourth-order valence-electron chi connectivity index (χ4n) is 2.28. The Hall–Kier alpha value is -2.33. The topological polar surface area (TPSA) is 64.3 Å². The molecule has 20 heavy (non-hydrogen) atoms. The average Bonchev–Trinajstić information content (AvgIpc) is 2.92. The molecule has 1 aliphatic rings. The predicted molar refractivity (Wildman–Crippen MR) is 77.5 cm³/mol. The molecule has 1 atom stereocenters. The van der Waals surface area contributed by atoms with Gasteiger partial charge in [0.05, 0.1) is 0 Å². The number of amides is 1. The lowest BCUT2D eigenvalue weighted by atomic mass is 10.1. The van der Waals surface area contributed by atoms with Crippen molar-refractivity contribution in [2.24, 2.45) is 5.73 Å². The van der Waals surface area contributed by atoms with Gasteiger partial charge in [-0.15, -0.1) is 0 Å². The van der Waals surface area contributed by atoms with Gasteiger partial charge in [0.2, 0.25) is 0 Å². The van der Waals surface area contributed by atoms with Crippen molar-refractivity contribution < 1.29 is 9.53 Å². The molecule has 0 radical (unpaired) electrons.